The molecule has 90 valence electrons. The van der Waals surface area contributed by atoms with Crippen LogP contribution in [0.2, 0.25) is 0 Å². The van der Waals surface area contributed by atoms with Gasteiger partial charge in [0.2, 0.25) is 0 Å². The standard InChI is InChI=1S/C11H14F3NO/c1-16-10-7-9(11(12,13)14)5-4-8(10)3-2-6-15/h4-5,7H,2-3,6,15H2,1H3. The Morgan fingerprint density at radius 3 is 2.50 bits per heavy atom. The molecule has 2 nitrogen and oxygen atoms in total. The summed E-state index contributed by atoms with van der Waals surface area (Å²) in [6, 6.07) is 3.53. The summed E-state index contributed by atoms with van der Waals surface area (Å²) >= 11 is 0. The van der Waals surface area contributed by atoms with Crippen LogP contribution >= 0.6 is 0 Å². The number of rotatable bonds is 4. The zero-order chi connectivity index (χ0) is 12.2. The molecule has 0 saturated carbocycles. The van der Waals surface area contributed by atoms with Gasteiger partial charge in [-0.1, -0.05) is 6.07 Å². The minimum Gasteiger partial charge on any atom is -0.496 e. The number of methoxy groups -OCH3 is 1. The van der Waals surface area contributed by atoms with Crippen LogP contribution in [-0.2, 0) is 12.6 Å². The number of aryl methyl sites for hydroxylation is 1. The van der Waals surface area contributed by atoms with Crippen LogP contribution in [0.25, 0.3) is 0 Å². The van der Waals surface area contributed by atoms with E-state index in [9.17, 15) is 13.2 Å². The topological polar surface area (TPSA) is 35.2 Å². The molecule has 16 heavy (non-hydrogen) atoms. The number of benzene rings is 1. The molecule has 0 heterocycles. The van der Waals surface area contributed by atoms with Crippen LogP contribution in [-0.4, -0.2) is 13.7 Å². The Morgan fingerprint density at radius 2 is 2.00 bits per heavy atom. The van der Waals surface area contributed by atoms with Crippen molar-refractivity contribution in [2.75, 3.05) is 13.7 Å². The average Bonchev–Trinajstić information content (AvgIpc) is 2.24. The maximum Gasteiger partial charge on any atom is 0.416 e. The van der Waals surface area contributed by atoms with Gasteiger partial charge in [0, 0.05) is 0 Å². The maximum absolute atomic E-state index is 12.4. The minimum atomic E-state index is -4.33. The smallest absolute Gasteiger partial charge is 0.416 e. The number of ether oxygens (including phenoxy) is 1. The maximum atomic E-state index is 12.4. The molecule has 0 unspecified atom stereocenters. The largest absolute Gasteiger partial charge is 0.496 e. The molecule has 0 aliphatic rings. The Kier molecular flexibility index (Phi) is 4.18. The van der Waals surface area contributed by atoms with Crippen molar-refractivity contribution in [2.45, 2.75) is 19.0 Å². The fraction of sp³-hybridized carbons (Fsp3) is 0.455. The highest BCUT2D eigenvalue weighted by Crippen LogP contribution is 2.33. The number of halogens is 3. The lowest BCUT2D eigenvalue weighted by molar-refractivity contribution is -0.137. The van der Waals surface area contributed by atoms with Gasteiger partial charge in [0.1, 0.15) is 5.75 Å². The summed E-state index contributed by atoms with van der Waals surface area (Å²) in [5, 5.41) is 0. The van der Waals surface area contributed by atoms with Crippen molar-refractivity contribution in [1.82, 2.24) is 0 Å². The molecule has 1 rings (SSSR count). The Balaban J connectivity index is 2.97. The van der Waals surface area contributed by atoms with Crippen molar-refractivity contribution in [3.63, 3.8) is 0 Å². The molecule has 0 radical (unpaired) electrons. The first-order chi connectivity index (χ1) is 7.49. The highest BCUT2D eigenvalue weighted by molar-refractivity contribution is 5.38. The lowest BCUT2D eigenvalue weighted by atomic mass is 10.1. The normalized spacial score (nSPS) is 11.6. The van der Waals surface area contributed by atoms with Gasteiger partial charge >= 0.3 is 6.18 Å². The summed E-state index contributed by atoms with van der Waals surface area (Å²) in [6.45, 7) is 0.504. The summed E-state index contributed by atoms with van der Waals surface area (Å²) in [4.78, 5) is 0. The third-order valence-corrected chi connectivity index (χ3v) is 2.26. The number of hydrogen-bond donors (Lipinski definition) is 1. The molecule has 5 heteroatoms. The van der Waals surface area contributed by atoms with E-state index < -0.39 is 11.7 Å². The van der Waals surface area contributed by atoms with Gasteiger partial charge < -0.3 is 10.5 Å². The lowest BCUT2D eigenvalue weighted by Crippen LogP contribution is -2.07. The predicted molar refractivity (Wildman–Crippen MR) is 55.4 cm³/mol. The van der Waals surface area contributed by atoms with E-state index in [1.54, 1.807) is 0 Å². The van der Waals surface area contributed by atoms with E-state index in [1.165, 1.54) is 13.2 Å². The summed E-state index contributed by atoms with van der Waals surface area (Å²) in [5.74, 6) is 0.267. The molecule has 0 amide bonds. The van der Waals surface area contributed by atoms with Crippen molar-refractivity contribution in [3.05, 3.63) is 29.3 Å². The molecule has 0 aliphatic carbocycles. The molecule has 0 bridgehead atoms. The van der Waals surface area contributed by atoms with Crippen LogP contribution in [0.4, 0.5) is 13.2 Å². The van der Waals surface area contributed by atoms with Crippen molar-refractivity contribution in [1.29, 1.82) is 0 Å². The SMILES string of the molecule is COc1cc(C(F)(F)F)ccc1CCCN. The first-order valence-corrected chi connectivity index (χ1v) is 4.93. The fourth-order valence-corrected chi connectivity index (χ4v) is 1.42. The average molecular weight is 233 g/mol. The second kappa shape index (κ2) is 5.21. The zero-order valence-corrected chi connectivity index (χ0v) is 8.97. The molecule has 1 aromatic rings. The third-order valence-electron chi connectivity index (χ3n) is 2.26. The van der Waals surface area contributed by atoms with E-state index in [1.807, 2.05) is 0 Å². The second-order valence-corrected chi connectivity index (χ2v) is 3.42. The first kappa shape index (κ1) is 12.8. The summed E-state index contributed by atoms with van der Waals surface area (Å²) in [5.41, 5.74) is 5.40. The lowest BCUT2D eigenvalue weighted by Gasteiger charge is -2.12. The van der Waals surface area contributed by atoms with E-state index in [0.29, 0.717) is 13.0 Å². The Bertz CT molecular complexity index is 350. The van der Waals surface area contributed by atoms with Gasteiger partial charge in [0.05, 0.1) is 12.7 Å². The van der Waals surface area contributed by atoms with Gasteiger partial charge in [-0.15, -0.1) is 0 Å². The number of hydrogen-bond acceptors (Lipinski definition) is 2. The summed E-state index contributed by atoms with van der Waals surface area (Å²) in [7, 11) is 1.36. The van der Waals surface area contributed by atoms with Gasteiger partial charge in [-0.05, 0) is 37.1 Å². The van der Waals surface area contributed by atoms with E-state index in [2.05, 4.69) is 0 Å². The van der Waals surface area contributed by atoms with Gasteiger partial charge in [-0.2, -0.15) is 13.2 Å². The molecule has 0 aliphatic heterocycles. The van der Waals surface area contributed by atoms with Crippen molar-refractivity contribution in [2.24, 2.45) is 5.73 Å². The van der Waals surface area contributed by atoms with E-state index in [-0.39, 0.29) is 5.75 Å². The predicted octanol–water partition coefficient (Wildman–Crippen LogP) is 2.61. The monoisotopic (exact) mass is 233 g/mol. The molecular weight excluding hydrogens is 219 g/mol. The van der Waals surface area contributed by atoms with Crippen LogP contribution in [0, 0.1) is 0 Å². The molecule has 0 fully saturated rings. The van der Waals surface area contributed by atoms with Gasteiger partial charge in [-0.3, -0.25) is 0 Å². The number of alkyl halides is 3. The van der Waals surface area contributed by atoms with Crippen LogP contribution in [0.5, 0.6) is 5.75 Å². The van der Waals surface area contributed by atoms with Crippen LogP contribution in [0.1, 0.15) is 17.5 Å². The van der Waals surface area contributed by atoms with E-state index in [0.717, 1.165) is 24.1 Å². The summed E-state index contributed by atoms with van der Waals surface area (Å²) in [6.07, 6.45) is -2.99. The highest BCUT2D eigenvalue weighted by Gasteiger charge is 2.31. The van der Waals surface area contributed by atoms with Gasteiger partial charge in [0.25, 0.3) is 0 Å². The van der Waals surface area contributed by atoms with Crippen molar-refractivity contribution < 1.29 is 17.9 Å². The molecule has 0 saturated heterocycles. The van der Waals surface area contributed by atoms with Gasteiger partial charge in [0.15, 0.2) is 0 Å². The molecule has 1 aromatic carbocycles. The molecule has 0 aromatic heterocycles. The van der Waals surface area contributed by atoms with Crippen LogP contribution < -0.4 is 10.5 Å². The Morgan fingerprint density at radius 1 is 1.31 bits per heavy atom. The van der Waals surface area contributed by atoms with E-state index in [4.69, 9.17) is 10.5 Å². The van der Waals surface area contributed by atoms with Crippen LogP contribution in [0.15, 0.2) is 18.2 Å². The Hall–Kier alpha value is -1.23. The molecule has 0 spiro atoms. The van der Waals surface area contributed by atoms with E-state index >= 15 is 0 Å². The first-order valence-electron chi connectivity index (χ1n) is 4.93. The molecular formula is C11H14F3NO. The summed E-state index contributed by atoms with van der Waals surface area (Å²) < 4.78 is 42.2. The quantitative estimate of drug-likeness (QED) is 0.867. The zero-order valence-electron chi connectivity index (χ0n) is 8.97. The Labute approximate surface area is 92.2 Å². The van der Waals surface area contributed by atoms with Crippen molar-refractivity contribution >= 4 is 0 Å². The highest BCUT2D eigenvalue weighted by atomic mass is 19.4. The molecule has 2 N–H and O–H groups in total. The molecule has 0 atom stereocenters. The second-order valence-electron chi connectivity index (χ2n) is 3.42. The fourth-order valence-electron chi connectivity index (χ4n) is 1.42. The van der Waals surface area contributed by atoms with Gasteiger partial charge in [-0.25, -0.2) is 0 Å². The minimum absolute atomic E-state index is 0.267. The number of nitrogens with two attached hydrogens (primary N) is 1. The van der Waals surface area contributed by atoms with Crippen molar-refractivity contribution in [3.8, 4) is 5.75 Å². The van der Waals surface area contributed by atoms with Crippen LogP contribution in [0.3, 0.4) is 0 Å². The third kappa shape index (κ3) is 3.13.